The highest BCUT2D eigenvalue weighted by molar-refractivity contribution is 7.99. The molecule has 0 fully saturated rings. The summed E-state index contributed by atoms with van der Waals surface area (Å²) in [6, 6.07) is 5.28. The lowest BCUT2D eigenvalue weighted by molar-refractivity contribution is -0.113. The highest BCUT2D eigenvalue weighted by Gasteiger charge is 2.14. The van der Waals surface area contributed by atoms with E-state index < -0.39 is 5.97 Å². The number of thioether (sulfide) groups is 1. The molecule has 9 heteroatoms. The van der Waals surface area contributed by atoms with Gasteiger partial charge in [-0.05, 0) is 31.5 Å². The van der Waals surface area contributed by atoms with Crippen LogP contribution in [0.4, 0.5) is 11.5 Å². The molecule has 0 aliphatic rings. The molecule has 0 aliphatic carbocycles. The molecule has 0 saturated carbocycles. The van der Waals surface area contributed by atoms with Gasteiger partial charge in [0.2, 0.25) is 5.91 Å². The van der Waals surface area contributed by atoms with Crippen LogP contribution in [0.25, 0.3) is 0 Å². The van der Waals surface area contributed by atoms with Crippen molar-refractivity contribution in [1.29, 1.82) is 0 Å². The summed E-state index contributed by atoms with van der Waals surface area (Å²) in [6.07, 6.45) is 1.29. The molecule has 0 radical (unpaired) electrons. The van der Waals surface area contributed by atoms with Crippen LogP contribution in [0.15, 0.2) is 29.6 Å². The number of nitrogens with zero attached hydrogens (tertiary/aromatic N) is 2. The van der Waals surface area contributed by atoms with Crippen molar-refractivity contribution in [3.05, 3.63) is 40.5 Å². The summed E-state index contributed by atoms with van der Waals surface area (Å²) in [7, 11) is 0. The summed E-state index contributed by atoms with van der Waals surface area (Å²) in [5.74, 6) is -0.710. The first-order valence-corrected chi connectivity index (χ1v) is 8.75. The first-order valence-electron chi connectivity index (χ1n) is 7.39. The Morgan fingerprint density at radius 2 is 2.16 bits per heavy atom. The van der Waals surface area contributed by atoms with Gasteiger partial charge in [0.1, 0.15) is 11.4 Å². The van der Waals surface area contributed by atoms with Crippen molar-refractivity contribution in [3.8, 4) is 0 Å². The number of esters is 1. The molecule has 2 rings (SSSR count). The van der Waals surface area contributed by atoms with E-state index in [9.17, 15) is 9.59 Å². The maximum Gasteiger partial charge on any atom is 0.343 e. The fraction of sp³-hybridized carbons (Fsp3) is 0.250. The van der Waals surface area contributed by atoms with Gasteiger partial charge in [-0.1, -0.05) is 29.4 Å². The molecular weight excluding hydrogens is 364 g/mol. The zero-order valence-corrected chi connectivity index (χ0v) is 15.3. The molecule has 2 aromatic rings. The first-order chi connectivity index (χ1) is 11.9. The molecule has 25 heavy (non-hydrogen) atoms. The number of carbonyl (C=O) groups excluding carboxylic acids is 2. The molecule has 7 nitrogen and oxygen atoms in total. The summed E-state index contributed by atoms with van der Waals surface area (Å²) in [4.78, 5) is 31.7. The van der Waals surface area contributed by atoms with Crippen molar-refractivity contribution in [2.45, 2.75) is 19.0 Å². The fourth-order valence-corrected chi connectivity index (χ4v) is 2.61. The topological polar surface area (TPSA) is 107 Å². The Kier molecular flexibility index (Phi) is 6.60. The Labute approximate surface area is 154 Å². The summed E-state index contributed by atoms with van der Waals surface area (Å²) in [5, 5.41) is 3.61. The van der Waals surface area contributed by atoms with E-state index in [1.807, 2.05) is 13.0 Å². The van der Waals surface area contributed by atoms with E-state index in [0.717, 1.165) is 17.3 Å². The number of ether oxygens (including phenoxy) is 1. The van der Waals surface area contributed by atoms with Crippen molar-refractivity contribution in [3.63, 3.8) is 0 Å². The van der Waals surface area contributed by atoms with Crippen LogP contribution in [-0.4, -0.2) is 34.2 Å². The first kappa shape index (κ1) is 19.0. The van der Waals surface area contributed by atoms with Crippen LogP contribution in [0.3, 0.4) is 0 Å². The molecule has 0 bridgehead atoms. The number of hydrogen-bond donors (Lipinski definition) is 2. The predicted octanol–water partition coefficient (Wildman–Crippen LogP) is 2.93. The monoisotopic (exact) mass is 380 g/mol. The van der Waals surface area contributed by atoms with Gasteiger partial charge in [0.05, 0.1) is 12.4 Å². The number of halogens is 1. The van der Waals surface area contributed by atoms with Crippen LogP contribution in [0, 0.1) is 6.92 Å². The zero-order valence-electron chi connectivity index (χ0n) is 13.7. The van der Waals surface area contributed by atoms with Gasteiger partial charge in [-0.25, -0.2) is 14.8 Å². The van der Waals surface area contributed by atoms with Crippen LogP contribution < -0.4 is 11.1 Å². The van der Waals surface area contributed by atoms with Gasteiger partial charge in [-0.3, -0.25) is 4.79 Å². The SMILES string of the molecule is CCOC(=O)c1cnc(SCC(=O)Nc2ccc(C)c(Cl)c2)nc1N. The number of aryl methyl sites for hydroxylation is 1. The van der Waals surface area contributed by atoms with E-state index in [0.29, 0.717) is 15.9 Å². The number of hydrogen-bond acceptors (Lipinski definition) is 7. The quantitative estimate of drug-likeness (QED) is 0.450. The van der Waals surface area contributed by atoms with Gasteiger partial charge in [-0.2, -0.15) is 0 Å². The smallest absolute Gasteiger partial charge is 0.343 e. The lowest BCUT2D eigenvalue weighted by Crippen LogP contribution is -2.15. The number of benzene rings is 1. The summed E-state index contributed by atoms with van der Waals surface area (Å²) >= 11 is 7.13. The van der Waals surface area contributed by atoms with Crippen LogP contribution in [0.2, 0.25) is 5.02 Å². The molecule has 0 saturated heterocycles. The summed E-state index contributed by atoms with van der Waals surface area (Å²) < 4.78 is 4.85. The molecule has 0 unspecified atom stereocenters. The van der Waals surface area contributed by atoms with Gasteiger partial charge in [-0.15, -0.1) is 0 Å². The number of aromatic nitrogens is 2. The van der Waals surface area contributed by atoms with E-state index in [1.54, 1.807) is 19.1 Å². The maximum absolute atomic E-state index is 12.0. The average Bonchev–Trinajstić information content (AvgIpc) is 2.56. The lowest BCUT2D eigenvalue weighted by atomic mass is 10.2. The average molecular weight is 381 g/mol. The lowest BCUT2D eigenvalue weighted by Gasteiger charge is -2.07. The fourth-order valence-electron chi connectivity index (χ4n) is 1.81. The van der Waals surface area contributed by atoms with Crippen LogP contribution >= 0.6 is 23.4 Å². The van der Waals surface area contributed by atoms with E-state index in [4.69, 9.17) is 22.1 Å². The second-order valence-corrected chi connectivity index (χ2v) is 6.32. The third-order valence-corrected chi connectivity index (χ3v) is 4.35. The Hall–Kier alpha value is -2.32. The second-order valence-electron chi connectivity index (χ2n) is 4.97. The van der Waals surface area contributed by atoms with E-state index >= 15 is 0 Å². The number of nitrogen functional groups attached to an aromatic ring is 1. The number of anilines is 2. The normalized spacial score (nSPS) is 10.4. The Morgan fingerprint density at radius 3 is 2.80 bits per heavy atom. The van der Waals surface area contributed by atoms with E-state index in [-0.39, 0.29) is 29.6 Å². The Balaban J connectivity index is 1.94. The van der Waals surface area contributed by atoms with Crippen molar-refractivity contribution in [2.24, 2.45) is 0 Å². The predicted molar refractivity (Wildman–Crippen MR) is 97.9 cm³/mol. The van der Waals surface area contributed by atoms with Crippen molar-refractivity contribution in [2.75, 3.05) is 23.4 Å². The number of carbonyl (C=O) groups is 2. The van der Waals surface area contributed by atoms with Crippen LogP contribution in [0.5, 0.6) is 0 Å². The molecule has 0 atom stereocenters. The standard InChI is InChI=1S/C16H17ClN4O3S/c1-3-24-15(23)11-7-19-16(21-14(11)18)25-8-13(22)20-10-5-4-9(2)12(17)6-10/h4-7H,3,8H2,1-2H3,(H,20,22)(H2,18,19,21). The highest BCUT2D eigenvalue weighted by Crippen LogP contribution is 2.21. The molecule has 1 amide bonds. The Bertz CT molecular complexity index is 801. The molecule has 1 aromatic carbocycles. The number of amides is 1. The highest BCUT2D eigenvalue weighted by atomic mass is 35.5. The molecule has 132 valence electrons. The minimum Gasteiger partial charge on any atom is -0.462 e. The summed E-state index contributed by atoms with van der Waals surface area (Å²) in [6.45, 7) is 3.81. The number of rotatable bonds is 6. The molecular formula is C16H17ClN4O3S. The third-order valence-electron chi connectivity index (χ3n) is 3.08. The van der Waals surface area contributed by atoms with Gasteiger partial charge < -0.3 is 15.8 Å². The largest absolute Gasteiger partial charge is 0.462 e. The third kappa shape index (κ3) is 5.33. The number of nitrogens with two attached hydrogens (primary N) is 1. The van der Waals surface area contributed by atoms with Crippen molar-refractivity contribution >= 4 is 46.7 Å². The molecule has 3 N–H and O–H groups in total. The van der Waals surface area contributed by atoms with Gasteiger partial charge >= 0.3 is 5.97 Å². The molecule has 0 spiro atoms. The van der Waals surface area contributed by atoms with Gasteiger partial charge in [0.15, 0.2) is 5.16 Å². The zero-order chi connectivity index (χ0) is 18.4. The molecule has 1 heterocycles. The second kappa shape index (κ2) is 8.68. The minimum absolute atomic E-state index is 0.0154. The minimum atomic E-state index is -0.578. The number of nitrogens with one attached hydrogen (secondary N) is 1. The van der Waals surface area contributed by atoms with Crippen molar-refractivity contribution < 1.29 is 14.3 Å². The van der Waals surface area contributed by atoms with E-state index in [1.165, 1.54) is 6.20 Å². The maximum atomic E-state index is 12.0. The van der Waals surface area contributed by atoms with E-state index in [2.05, 4.69) is 15.3 Å². The van der Waals surface area contributed by atoms with Crippen LogP contribution in [-0.2, 0) is 9.53 Å². The van der Waals surface area contributed by atoms with Gasteiger partial charge in [0, 0.05) is 16.9 Å². The Morgan fingerprint density at radius 1 is 1.40 bits per heavy atom. The van der Waals surface area contributed by atoms with Crippen LogP contribution in [0.1, 0.15) is 22.8 Å². The van der Waals surface area contributed by atoms with Gasteiger partial charge in [0.25, 0.3) is 0 Å². The molecule has 0 aliphatic heterocycles. The van der Waals surface area contributed by atoms with Crippen molar-refractivity contribution in [1.82, 2.24) is 9.97 Å². The summed E-state index contributed by atoms with van der Waals surface area (Å²) in [5.41, 5.74) is 7.38. The molecule has 1 aromatic heterocycles.